The highest BCUT2D eigenvalue weighted by molar-refractivity contribution is 5.98. The second-order valence-electron chi connectivity index (χ2n) is 7.37. The first kappa shape index (κ1) is 21.8. The third kappa shape index (κ3) is 4.90. The Morgan fingerprint density at radius 2 is 1.85 bits per heavy atom. The fourth-order valence-electron chi connectivity index (χ4n) is 3.64. The molecule has 0 atom stereocenters. The largest absolute Gasteiger partial charge is 0.465 e. The summed E-state index contributed by atoms with van der Waals surface area (Å²) < 4.78 is 6.81. The van der Waals surface area contributed by atoms with E-state index in [1.165, 1.54) is 13.2 Å². The summed E-state index contributed by atoms with van der Waals surface area (Å²) in [5.41, 5.74) is 4.53. The van der Waals surface area contributed by atoms with Gasteiger partial charge in [-0.3, -0.25) is 10.1 Å². The number of hydrogen-bond acceptors (Lipinski definition) is 6. The van der Waals surface area contributed by atoms with E-state index in [9.17, 15) is 14.9 Å². The maximum atomic E-state index is 12.3. The summed E-state index contributed by atoms with van der Waals surface area (Å²) in [5, 5.41) is 14.7. The molecule has 0 amide bonds. The minimum Gasteiger partial charge on any atom is -0.465 e. The third-order valence-corrected chi connectivity index (χ3v) is 5.31. The zero-order valence-electron chi connectivity index (χ0n) is 18.0. The van der Waals surface area contributed by atoms with Crippen LogP contribution in [0, 0.1) is 10.1 Å². The van der Waals surface area contributed by atoms with Crippen molar-refractivity contribution < 1.29 is 14.5 Å². The number of nitro benzene ring substituents is 1. The molecule has 0 unspecified atom stereocenters. The number of para-hydroxylation sites is 1. The van der Waals surface area contributed by atoms with E-state index in [0.29, 0.717) is 24.2 Å². The number of ether oxygens (including phenoxy) is 1. The minimum absolute atomic E-state index is 0.0796. The molecule has 8 nitrogen and oxygen atoms in total. The van der Waals surface area contributed by atoms with E-state index in [2.05, 4.69) is 10.3 Å². The van der Waals surface area contributed by atoms with Crippen LogP contribution >= 0.6 is 0 Å². The van der Waals surface area contributed by atoms with Crippen LogP contribution in [-0.4, -0.2) is 27.6 Å². The van der Waals surface area contributed by atoms with Gasteiger partial charge in [-0.05, 0) is 29.3 Å². The lowest BCUT2D eigenvalue weighted by Gasteiger charge is -2.14. The Morgan fingerprint density at radius 1 is 1.09 bits per heavy atom. The van der Waals surface area contributed by atoms with Crippen LogP contribution in [0.25, 0.3) is 11.1 Å². The lowest BCUT2D eigenvalue weighted by Crippen LogP contribution is -2.10. The van der Waals surface area contributed by atoms with E-state index < -0.39 is 5.97 Å². The predicted octanol–water partition coefficient (Wildman–Crippen LogP) is 4.91. The standard InChI is InChI=1S/C25H22N4O4/c1-33-25(30)22-12-11-20(13-23(22)18-7-3-2-4-8-18)27-15-21-14-26-17-28(21)16-19-9-5-6-10-24(19)29(31)32/h2-14,17,27H,15-16H2,1H3. The average molecular weight is 442 g/mol. The molecule has 1 heterocycles. The van der Waals surface area contributed by atoms with Gasteiger partial charge in [0, 0.05) is 23.5 Å². The van der Waals surface area contributed by atoms with Gasteiger partial charge >= 0.3 is 5.97 Å². The van der Waals surface area contributed by atoms with Crippen LogP contribution in [0.5, 0.6) is 0 Å². The lowest BCUT2D eigenvalue weighted by atomic mass is 9.99. The number of benzene rings is 3. The number of nitro groups is 1. The van der Waals surface area contributed by atoms with Crippen molar-refractivity contribution in [3.8, 4) is 11.1 Å². The topological polar surface area (TPSA) is 99.3 Å². The van der Waals surface area contributed by atoms with Gasteiger partial charge < -0.3 is 14.6 Å². The van der Waals surface area contributed by atoms with Crippen LogP contribution in [0.2, 0.25) is 0 Å². The molecule has 1 aromatic heterocycles. The fraction of sp³-hybridized carbons (Fsp3) is 0.120. The van der Waals surface area contributed by atoms with Crippen LogP contribution < -0.4 is 5.32 Å². The van der Waals surface area contributed by atoms with E-state index in [4.69, 9.17) is 4.74 Å². The van der Waals surface area contributed by atoms with E-state index in [-0.39, 0.29) is 10.6 Å². The normalized spacial score (nSPS) is 10.6. The average Bonchev–Trinajstić information content (AvgIpc) is 3.29. The summed E-state index contributed by atoms with van der Waals surface area (Å²) in [6.07, 6.45) is 3.38. The molecule has 0 fully saturated rings. The van der Waals surface area contributed by atoms with E-state index in [1.54, 1.807) is 36.8 Å². The van der Waals surface area contributed by atoms with E-state index >= 15 is 0 Å². The molecular formula is C25H22N4O4. The van der Waals surface area contributed by atoms with Crippen molar-refractivity contribution in [3.63, 3.8) is 0 Å². The number of nitrogens with zero attached hydrogens (tertiary/aromatic N) is 3. The monoisotopic (exact) mass is 442 g/mol. The molecule has 0 aliphatic rings. The second kappa shape index (κ2) is 9.78. The molecule has 4 aromatic rings. The summed E-state index contributed by atoms with van der Waals surface area (Å²) in [7, 11) is 1.36. The molecule has 0 aliphatic carbocycles. The van der Waals surface area contributed by atoms with Crippen molar-refractivity contribution >= 4 is 17.3 Å². The number of anilines is 1. The number of imidazole rings is 1. The van der Waals surface area contributed by atoms with Crippen molar-refractivity contribution in [2.75, 3.05) is 12.4 Å². The Hall–Kier alpha value is -4.46. The summed E-state index contributed by atoms with van der Waals surface area (Å²) in [4.78, 5) is 27.4. The lowest BCUT2D eigenvalue weighted by molar-refractivity contribution is -0.385. The first-order chi connectivity index (χ1) is 16.1. The molecule has 0 spiro atoms. The summed E-state index contributed by atoms with van der Waals surface area (Å²) >= 11 is 0. The molecule has 0 saturated carbocycles. The summed E-state index contributed by atoms with van der Waals surface area (Å²) in [5.74, 6) is -0.400. The zero-order valence-corrected chi connectivity index (χ0v) is 18.0. The Labute approximate surface area is 190 Å². The molecule has 33 heavy (non-hydrogen) atoms. The predicted molar refractivity (Wildman–Crippen MR) is 125 cm³/mol. The number of methoxy groups -OCH3 is 1. The maximum absolute atomic E-state index is 12.3. The van der Waals surface area contributed by atoms with Gasteiger partial charge in [0.05, 0.1) is 42.7 Å². The van der Waals surface area contributed by atoms with Crippen LogP contribution in [0.1, 0.15) is 21.6 Å². The highest BCUT2D eigenvalue weighted by atomic mass is 16.6. The van der Waals surface area contributed by atoms with Crippen molar-refractivity contribution in [1.29, 1.82) is 0 Å². The Morgan fingerprint density at radius 3 is 2.61 bits per heavy atom. The van der Waals surface area contributed by atoms with Crippen LogP contribution in [0.15, 0.2) is 85.3 Å². The first-order valence-electron chi connectivity index (χ1n) is 10.3. The quantitative estimate of drug-likeness (QED) is 0.237. The highest BCUT2D eigenvalue weighted by Gasteiger charge is 2.16. The Bertz CT molecular complexity index is 1280. The van der Waals surface area contributed by atoms with Gasteiger partial charge in [-0.15, -0.1) is 0 Å². The fourth-order valence-corrected chi connectivity index (χ4v) is 3.64. The molecule has 4 rings (SSSR count). The molecule has 166 valence electrons. The van der Waals surface area contributed by atoms with Gasteiger partial charge in [0.2, 0.25) is 0 Å². The molecular weight excluding hydrogens is 420 g/mol. The summed E-state index contributed by atoms with van der Waals surface area (Å²) in [6, 6.07) is 21.8. The molecule has 1 N–H and O–H groups in total. The van der Waals surface area contributed by atoms with Gasteiger partial charge in [-0.25, -0.2) is 9.78 Å². The number of aromatic nitrogens is 2. The van der Waals surface area contributed by atoms with Crippen molar-refractivity contribution in [2.45, 2.75) is 13.1 Å². The zero-order chi connectivity index (χ0) is 23.2. The number of hydrogen-bond donors (Lipinski definition) is 1. The molecule has 8 heteroatoms. The number of carbonyl (C=O) groups is 1. The van der Waals surface area contributed by atoms with Gasteiger partial charge in [-0.2, -0.15) is 0 Å². The van der Waals surface area contributed by atoms with Crippen molar-refractivity contribution in [3.05, 3.63) is 112 Å². The molecule has 0 radical (unpaired) electrons. The van der Waals surface area contributed by atoms with E-state index in [1.807, 2.05) is 47.0 Å². The van der Waals surface area contributed by atoms with Crippen LogP contribution in [-0.2, 0) is 17.8 Å². The molecule has 0 aliphatic heterocycles. The second-order valence-corrected chi connectivity index (χ2v) is 7.37. The van der Waals surface area contributed by atoms with Crippen molar-refractivity contribution in [1.82, 2.24) is 9.55 Å². The number of rotatable bonds is 8. The number of carbonyl (C=O) groups excluding carboxylic acids is 1. The number of nitrogens with one attached hydrogen (secondary N) is 1. The molecule has 0 bridgehead atoms. The molecule has 3 aromatic carbocycles. The van der Waals surface area contributed by atoms with E-state index in [0.717, 1.165) is 22.5 Å². The maximum Gasteiger partial charge on any atom is 0.338 e. The van der Waals surface area contributed by atoms with Crippen molar-refractivity contribution in [2.24, 2.45) is 0 Å². The SMILES string of the molecule is COC(=O)c1ccc(NCc2cncn2Cc2ccccc2[N+](=O)[O-])cc1-c1ccccc1. The Kier molecular flexibility index (Phi) is 6.45. The first-order valence-corrected chi connectivity index (χ1v) is 10.3. The Balaban J connectivity index is 1.56. The van der Waals surface area contributed by atoms with Gasteiger partial charge in [-0.1, -0.05) is 48.5 Å². The van der Waals surface area contributed by atoms with Gasteiger partial charge in [0.1, 0.15) is 0 Å². The highest BCUT2D eigenvalue weighted by Crippen LogP contribution is 2.28. The minimum atomic E-state index is -0.400. The third-order valence-electron chi connectivity index (χ3n) is 5.31. The number of esters is 1. The van der Waals surface area contributed by atoms with Crippen LogP contribution in [0.3, 0.4) is 0 Å². The van der Waals surface area contributed by atoms with Crippen LogP contribution in [0.4, 0.5) is 11.4 Å². The summed E-state index contributed by atoms with van der Waals surface area (Å²) in [6.45, 7) is 0.789. The smallest absolute Gasteiger partial charge is 0.338 e. The van der Waals surface area contributed by atoms with Gasteiger partial charge in [0.25, 0.3) is 5.69 Å². The molecule has 0 saturated heterocycles. The van der Waals surface area contributed by atoms with Gasteiger partial charge in [0.15, 0.2) is 0 Å².